The Morgan fingerprint density at radius 3 is 2.71 bits per heavy atom. The van der Waals surface area contributed by atoms with E-state index < -0.39 is 0 Å². The maximum Gasteiger partial charge on any atom is 0.141 e. The van der Waals surface area contributed by atoms with Gasteiger partial charge >= 0.3 is 0 Å². The zero-order valence-corrected chi connectivity index (χ0v) is 13.7. The van der Waals surface area contributed by atoms with Crippen LogP contribution < -0.4 is 5.32 Å². The van der Waals surface area contributed by atoms with Crippen LogP contribution in [0.2, 0.25) is 0 Å². The first-order valence-corrected chi connectivity index (χ1v) is 7.98. The lowest BCUT2D eigenvalue weighted by Crippen LogP contribution is -2.36. The van der Waals surface area contributed by atoms with Crippen molar-refractivity contribution in [1.29, 1.82) is 0 Å². The second-order valence-electron chi connectivity index (χ2n) is 7.06. The normalized spacial score (nSPS) is 21.4. The number of aromatic nitrogens is 1. The Bertz CT molecular complexity index is 444. The zero-order valence-electron chi connectivity index (χ0n) is 13.7. The molecule has 1 aromatic heterocycles. The van der Waals surface area contributed by atoms with Crippen molar-refractivity contribution < 1.29 is 4.39 Å². The van der Waals surface area contributed by atoms with Crippen LogP contribution in [0, 0.1) is 17.2 Å². The van der Waals surface area contributed by atoms with Crippen molar-refractivity contribution >= 4 is 0 Å². The summed E-state index contributed by atoms with van der Waals surface area (Å²) in [6.07, 6.45) is 2.58. The molecule has 0 aromatic carbocycles. The Hall–Kier alpha value is -1.00. The minimum absolute atomic E-state index is 0.180. The summed E-state index contributed by atoms with van der Waals surface area (Å²) in [5, 5.41) is 3.50. The maximum absolute atomic E-state index is 13.1. The van der Waals surface area contributed by atoms with Gasteiger partial charge in [0.2, 0.25) is 0 Å². The summed E-state index contributed by atoms with van der Waals surface area (Å²) in [5.74, 6) is 0.166. The number of halogens is 1. The molecule has 0 bridgehead atoms. The molecule has 2 rings (SSSR count). The van der Waals surface area contributed by atoms with E-state index in [-0.39, 0.29) is 11.9 Å². The third-order valence-electron chi connectivity index (χ3n) is 4.36. The molecular weight excluding hydrogens is 265 g/mol. The van der Waals surface area contributed by atoms with Gasteiger partial charge in [-0.15, -0.1) is 0 Å². The lowest BCUT2D eigenvalue weighted by molar-refractivity contribution is 0.226. The molecule has 2 unspecified atom stereocenters. The Labute approximate surface area is 127 Å². The van der Waals surface area contributed by atoms with Crippen LogP contribution in [0.3, 0.4) is 0 Å². The van der Waals surface area contributed by atoms with E-state index in [1.807, 2.05) is 0 Å². The van der Waals surface area contributed by atoms with E-state index in [4.69, 9.17) is 0 Å². The van der Waals surface area contributed by atoms with Crippen LogP contribution in [0.25, 0.3) is 0 Å². The van der Waals surface area contributed by atoms with Crippen molar-refractivity contribution in [2.45, 2.75) is 40.2 Å². The van der Waals surface area contributed by atoms with Crippen LogP contribution in [-0.2, 0) is 0 Å². The van der Waals surface area contributed by atoms with Gasteiger partial charge in [0.05, 0.1) is 17.9 Å². The average Bonchev–Trinajstić information content (AvgIpc) is 2.76. The number of nitrogens with zero attached hydrogens (tertiary/aromatic N) is 2. The Balaban J connectivity index is 2.02. The van der Waals surface area contributed by atoms with Crippen LogP contribution in [0.15, 0.2) is 18.3 Å². The Morgan fingerprint density at radius 1 is 1.43 bits per heavy atom. The molecule has 1 aliphatic heterocycles. The Kier molecular flexibility index (Phi) is 5.33. The molecule has 0 aliphatic carbocycles. The number of rotatable bonds is 6. The SMILES string of the molecule is CCNC(c1ccc(F)cn1)C(C)CN1CCC(C)(C)C1. The summed E-state index contributed by atoms with van der Waals surface area (Å²) in [6, 6.07) is 3.48. The fraction of sp³-hybridized carbons (Fsp3) is 0.706. The first-order valence-electron chi connectivity index (χ1n) is 7.98. The van der Waals surface area contributed by atoms with Gasteiger partial charge in [0.1, 0.15) is 5.82 Å². The lowest BCUT2D eigenvalue weighted by atomic mass is 9.93. The number of hydrogen-bond donors (Lipinski definition) is 1. The highest BCUT2D eigenvalue weighted by Gasteiger charge is 2.31. The van der Waals surface area contributed by atoms with Crippen LogP contribution in [0.1, 0.15) is 45.9 Å². The van der Waals surface area contributed by atoms with Crippen molar-refractivity contribution in [3.8, 4) is 0 Å². The van der Waals surface area contributed by atoms with Crippen LogP contribution in [0.5, 0.6) is 0 Å². The molecule has 0 amide bonds. The number of pyridine rings is 1. The summed E-state index contributed by atoms with van der Waals surface area (Å²) in [5.41, 5.74) is 1.37. The summed E-state index contributed by atoms with van der Waals surface area (Å²) in [7, 11) is 0. The second-order valence-corrected chi connectivity index (χ2v) is 7.06. The van der Waals surface area contributed by atoms with Gasteiger partial charge < -0.3 is 10.2 Å². The molecule has 0 spiro atoms. The van der Waals surface area contributed by atoms with Gasteiger partial charge in [0.15, 0.2) is 0 Å². The highest BCUT2D eigenvalue weighted by Crippen LogP contribution is 2.31. The summed E-state index contributed by atoms with van der Waals surface area (Å²) < 4.78 is 13.1. The van der Waals surface area contributed by atoms with Crippen molar-refractivity contribution in [2.24, 2.45) is 11.3 Å². The fourth-order valence-electron chi connectivity index (χ4n) is 3.28. The molecule has 2 heterocycles. The number of nitrogens with one attached hydrogen (secondary N) is 1. The van der Waals surface area contributed by atoms with Crippen molar-refractivity contribution in [3.63, 3.8) is 0 Å². The topological polar surface area (TPSA) is 28.2 Å². The zero-order chi connectivity index (χ0) is 15.5. The van der Waals surface area contributed by atoms with Gasteiger partial charge in [-0.25, -0.2) is 4.39 Å². The molecule has 0 radical (unpaired) electrons. The quantitative estimate of drug-likeness (QED) is 0.873. The fourth-order valence-corrected chi connectivity index (χ4v) is 3.28. The van der Waals surface area contributed by atoms with E-state index in [9.17, 15) is 4.39 Å². The standard InChI is InChI=1S/C17H28FN3/c1-5-19-16(15-7-6-14(18)10-20-15)13(2)11-21-9-8-17(3,4)12-21/h6-7,10,13,16,19H,5,8-9,11-12H2,1-4H3. The molecule has 0 saturated carbocycles. The lowest BCUT2D eigenvalue weighted by Gasteiger charge is -2.29. The predicted molar refractivity (Wildman–Crippen MR) is 84.6 cm³/mol. The molecule has 4 heteroatoms. The van der Waals surface area contributed by atoms with Crippen LogP contribution >= 0.6 is 0 Å². The molecule has 3 nitrogen and oxygen atoms in total. The van der Waals surface area contributed by atoms with E-state index >= 15 is 0 Å². The van der Waals surface area contributed by atoms with Gasteiger partial charge in [0, 0.05) is 13.1 Å². The third-order valence-corrected chi connectivity index (χ3v) is 4.36. The molecule has 1 aromatic rings. The summed E-state index contributed by atoms with van der Waals surface area (Å²) >= 11 is 0. The summed E-state index contributed by atoms with van der Waals surface area (Å²) in [6.45, 7) is 13.3. The minimum atomic E-state index is -0.275. The molecule has 1 fully saturated rings. The van der Waals surface area contributed by atoms with Crippen LogP contribution in [0.4, 0.5) is 4.39 Å². The first-order chi connectivity index (χ1) is 9.91. The first kappa shape index (κ1) is 16.4. The second kappa shape index (κ2) is 6.84. The van der Waals surface area contributed by atoms with E-state index in [2.05, 4.69) is 42.9 Å². The average molecular weight is 293 g/mol. The van der Waals surface area contributed by atoms with Crippen molar-refractivity contribution in [1.82, 2.24) is 15.2 Å². The Morgan fingerprint density at radius 2 is 2.19 bits per heavy atom. The highest BCUT2D eigenvalue weighted by molar-refractivity contribution is 5.11. The van der Waals surface area contributed by atoms with E-state index in [1.54, 1.807) is 6.07 Å². The molecule has 118 valence electrons. The van der Waals surface area contributed by atoms with Gasteiger partial charge in [-0.3, -0.25) is 4.98 Å². The molecule has 2 atom stereocenters. The van der Waals surface area contributed by atoms with Crippen LogP contribution in [-0.4, -0.2) is 36.1 Å². The monoisotopic (exact) mass is 293 g/mol. The van der Waals surface area contributed by atoms with Crippen molar-refractivity contribution in [2.75, 3.05) is 26.2 Å². The highest BCUT2D eigenvalue weighted by atomic mass is 19.1. The predicted octanol–water partition coefficient (Wildman–Crippen LogP) is 3.24. The molecule has 1 saturated heterocycles. The minimum Gasteiger partial charge on any atom is -0.309 e. The maximum atomic E-state index is 13.1. The smallest absolute Gasteiger partial charge is 0.141 e. The third kappa shape index (κ3) is 4.48. The number of hydrogen-bond acceptors (Lipinski definition) is 3. The summed E-state index contributed by atoms with van der Waals surface area (Å²) in [4.78, 5) is 6.81. The van der Waals surface area contributed by atoms with E-state index in [0.717, 1.165) is 25.3 Å². The van der Waals surface area contributed by atoms with Gasteiger partial charge in [0.25, 0.3) is 0 Å². The van der Waals surface area contributed by atoms with E-state index in [0.29, 0.717) is 11.3 Å². The van der Waals surface area contributed by atoms with E-state index in [1.165, 1.54) is 25.2 Å². The van der Waals surface area contributed by atoms with Gasteiger partial charge in [-0.2, -0.15) is 0 Å². The molecule has 1 aliphatic rings. The molecular formula is C17H28FN3. The van der Waals surface area contributed by atoms with Crippen molar-refractivity contribution in [3.05, 3.63) is 29.8 Å². The molecule has 21 heavy (non-hydrogen) atoms. The van der Waals surface area contributed by atoms with Gasteiger partial charge in [-0.05, 0) is 43.0 Å². The van der Waals surface area contributed by atoms with Gasteiger partial charge in [-0.1, -0.05) is 27.7 Å². The largest absolute Gasteiger partial charge is 0.309 e. The number of likely N-dealkylation sites (tertiary alicyclic amines) is 1. The molecule has 1 N–H and O–H groups in total.